The number of aryl methyl sites for hydroxylation is 2. The number of carbonyl (C=O) groups excluding carboxylic acids is 1. The Balaban J connectivity index is 1.55. The molecule has 1 fully saturated rings. The molecular weight excluding hydrogens is 432 g/mol. The molecule has 5 nitrogen and oxygen atoms in total. The molecule has 33 heavy (non-hydrogen) atoms. The molecule has 0 unspecified atom stereocenters. The van der Waals surface area contributed by atoms with Gasteiger partial charge in [-0.25, -0.2) is 8.42 Å². The molecule has 0 spiro atoms. The molecule has 3 aromatic rings. The lowest BCUT2D eigenvalue weighted by atomic mass is 9.93. The fourth-order valence-corrected chi connectivity index (χ4v) is 5.91. The molecule has 0 radical (unpaired) electrons. The third kappa shape index (κ3) is 5.18. The van der Waals surface area contributed by atoms with Gasteiger partial charge in [-0.05, 0) is 55.5 Å². The van der Waals surface area contributed by atoms with Gasteiger partial charge in [0.15, 0.2) is 0 Å². The van der Waals surface area contributed by atoms with Gasteiger partial charge in [0, 0.05) is 13.1 Å². The Kier molecular flexibility index (Phi) is 6.96. The van der Waals surface area contributed by atoms with Crippen LogP contribution >= 0.6 is 0 Å². The summed E-state index contributed by atoms with van der Waals surface area (Å²) in [5.41, 5.74) is 4.14. The first-order valence-electron chi connectivity index (χ1n) is 11.3. The molecule has 6 heteroatoms. The van der Waals surface area contributed by atoms with E-state index in [1.54, 1.807) is 24.3 Å². The van der Waals surface area contributed by atoms with Gasteiger partial charge in [0.25, 0.3) is 0 Å². The van der Waals surface area contributed by atoms with Gasteiger partial charge in [-0.15, -0.1) is 0 Å². The second kappa shape index (κ2) is 9.89. The molecule has 4 rings (SSSR count). The van der Waals surface area contributed by atoms with E-state index in [1.165, 1.54) is 4.31 Å². The molecule has 1 aliphatic heterocycles. The Labute approximate surface area is 196 Å². The first-order chi connectivity index (χ1) is 15.9. The number of hydrogen-bond acceptors (Lipinski definition) is 3. The summed E-state index contributed by atoms with van der Waals surface area (Å²) in [7, 11) is -3.63. The summed E-state index contributed by atoms with van der Waals surface area (Å²) < 4.78 is 27.8. The van der Waals surface area contributed by atoms with Gasteiger partial charge in [-0.1, -0.05) is 72.3 Å². The number of sulfonamides is 1. The maximum absolute atomic E-state index is 13.4. The van der Waals surface area contributed by atoms with Crippen molar-refractivity contribution >= 4 is 15.9 Å². The zero-order valence-corrected chi connectivity index (χ0v) is 19.9. The molecule has 1 aliphatic rings. The van der Waals surface area contributed by atoms with Gasteiger partial charge in [0.1, 0.15) is 0 Å². The van der Waals surface area contributed by atoms with Crippen LogP contribution in [0.5, 0.6) is 0 Å². The van der Waals surface area contributed by atoms with E-state index in [4.69, 9.17) is 0 Å². The number of nitrogens with one attached hydrogen (secondary N) is 1. The van der Waals surface area contributed by atoms with Gasteiger partial charge >= 0.3 is 0 Å². The molecule has 3 aromatic carbocycles. The van der Waals surface area contributed by atoms with E-state index in [0.717, 1.165) is 22.3 Å². The minimum Gasteiger partial charge on any atom is -0.345 e. The van der Waals surface area contributed by atoms with Gasteiger partial charge in [-0.2, -0.15) is 4.31 Å². The van der Waals surface area contributed by atoms with Crippen LogP contribution in [0.2, 0.25) is 0 Å². The zero-order valence-electron chi connectivity index (χ0n) is 19.1. The third-order valence-electron chi connectivity index (χ3n) is 6.33. The zero-order chi connectivity index (χ0) is 23.4. The van der Waals surface area contributed by atoms with Gasteiger partial charge < -0.3 is 5.32 Å². The highest BCUT2D eigenvalue weighted by Crippen LogP contribution is 2.28. The highest BCUT2D eigenvalue weighted by atomic mass is 32.2. The van der Waals surface area contributed by atoms with Crippen molar-refractivity contribution in [2.75, 3.05) is 13.1 Å². The fraction of sp³-hybridized carbons (Fsp3) is 0.296. The first-order valence-corrected chi connectivity index (χ1v) is 12.8. The summed E-state index contributed by atoms with van der Waals surface area (Å²) >= 11 is 0. The SMILES string of the molecule is Cc1ccc(S(=O)(=O)N2CCC[C@@H](C(=O)N[C@H](c3ccccc3)c3ccccc3C)C2)cc1. The highest BCUT2D eigenvalue weighted by Gasteiger charge is 2.34. The number of rotatable bonds is 6. The minimum atomic E-state index is -3.63. The maximum atomic E-state index is 13.4. The van der Waals surface area contributed by atoms with Crippen LogP contribution in [0.1, 0.15) is 41.1 Å². The summed E-state index contributed by atoms with van der Waals surface area (Å²) in [5, 5.41) is 3.22. The van der Waals surface area contributed by atoms with Crippen molar-refractivity contribution < 1.29 is 13.2 Å². The molecule has 0 aromatic heterocycles. The molecule has 1 amide bonds. The Morgan fingerprint density at radius 1 is 0.939 bits per heavy atom. The lowest BCUT2D eigenvalue weighted by molar-refractivity contribution is -0.126. The standard InChI is InChI=1S/C27H30N2O3S/c1-20-14-16-24(17-15-20)33(31,32)29-18-8-12-23(19-29)27(30)28-26(22-10-4-3-5-11-22)25-13-7-6-9-21(25)2/h3-7,9-11,13-17,23,26H,8,12,18-19H2,1-2H3,(H,28,30)/t23-,26-/m1/s1. The van der Waals surface area contributed by atoms with Gasteiger partial charge in [0.05, 0.1) is 16.9 Å². The van der Waals surface area contributed by atoms with Crippen molar-refractivity contribution in [3.63, 3.8) is 0 Å². The summed E-state index contributed by atoms with van der Waals surface area (Å²) in [4.78, 5) is 13.7. The molecule has 0 aliphatic carbocycles. The third-order valence-corrected chi connectivity index (χ3v) is 8.21. The van der Waals surface area contributed by atoms with Crippen LogP contribution < -0.4 is 5.32 Å². The molecule has 0 bridgehead atoms. The molecule has 1 heterocycles. The monoisotopic (exact) mass is 462 g/mol. The average molecular weight is 463 g/mol. The second-order valence-electron chi connectivity index (χ2n) is 8.72. The predicted molar refractivity (Wildman–Crippen MR) is 130 cm³/mol. The topological polar surface area (TPSA) is 66.5 Å². The van der Waals surface area contributed by atoms with Crippen LogP contribution in [-0.4, -0.2) is 31.7 Å². The number of hydrogen-bond donors (Lipinski definition) is 1. The first kappa shape index (κ1) is 23.2. The number of amides is 1. The van der Waals surface area contributed by atoms with Crippen molar-refractivity contribution in [2.45, 2.75) is 37.6 Å². The summed E-state index contributed by atoms with van der Waals surface area (Å²) in [6, 6.07) is 24.5. The molecule has 1 saturated heterocycles. The molecular formula is C27H30N2O3S. The van der Waals surface area contributed by atoms with Gasteiger partial charge in [0.2, 0.25) is 15.9 Å². The van der Waals surface area contributed by atoms with Crippen LogP contribution in [0.3, 0.4) is 0 Å². The Bertz CT molecular complexity index is 1210. The Morgan fingerprint density at radius 3 is 2.30 bits per heavy atom. The van der Waals surface area contributed by atoms with Crippen molar-refractivity contribution in [1.29, 1.82) is 0 Å². The van der Waals surface area contributed by atoms with E-state index in [9.17, 15) is 13.2 Å². The van der Waals surface area contributed by atoms with Crippen LogP contribution in [0.15, 0.2) is 83.8 Å². The second-order valence-corrected chi connectivity index (χ2v) is 10.7. The lowest BCUT2D eigenvalue weighted by Crippen LogP contribution is -2.46. The summed E-state index contributed by atoms with van der Waals surface area (Å²) in [5.74, 6) is -0.509. The van der Waals surface area contributed by atoms with Crippen LogP contribution in [0.25, 0.3) is 0 Å². The van der Waals surface area contributed by atoms with E-state index in [0.29, 0.717) is 19.4 Å². The summed E-state index contributed by atoms with van der Waals surface area (Å²) in [6.07, 6.45) is 1.32. The number of carbonyl (C=O) groups is 1. The average Bonchev–Trinajstić information content (AvgIpc) is 2.84. The van der Waals surface area contributed by atoms with Crippen molar-refractivity contribution in [3.05, 3.63) is 101 Å². The number of nitrogens with zero attached hydrogens (tertiary/aromatic N) is 1. The largest absolute Gasteiger partial charge is 0.345 e. The fourth-order valence-electron chi connectivity index (χ4n) is 4.39. The maximum Gasteiger partial charge on any atom is 0.243 e. The van der Waals surface area contributed by atoms with Crippen molar-refractivity contribution in [2.24, 2.45) is 5.92 Å². The van der Waals surface area contributed by atoms with E-state index in [2.05, 4.69) is 5.32 Å². The Hall–Kier alpha value is -2.96. The quantitative estimate of drug-likeness (QED) is 0.582. The van der Waals surface area contributed by atoms with Crippen LogP contribution in [0, 0.1) is 19.8 Å². The Morgan fingerprint density at radius 2 is 1.61 bits per heavy atom. The van der Waals surface area contributed by atoms with Crippen LogP contribution in [-0.2, 0) is 14.8 Å². The van der Waals surface area contributed by atoms with E-state index in [1.807, 2.05) is 68.4 Å². The normalized spacial score (nSPS) is 17.9. The molecule has 1 N–H and O–H groups in total. The smallest absolute Gasteiger partial charge is 0.243 e. The van der Waals surface area contributed by atoms with Crippen molar-refractivity contribution in [3.8, 4) is 0 Å². The lowest BCUT2D eigenvalue weighted by Gasteiger charge is -2.32. The van der Waals surface area contributed by atoms with E-state index >= 15 is 0 Å². The number of piperidine rings is 1. The molecule has 0 saturated carbocycles. The van der Waals surface area contributed by atoms with Gasteiger partial charge in [-0.3, -0.25) is 4.79 Å². The molecule has 172 valence electrons. The number of benzene rings is 3. The van der Waals surface area contributed by atoms with E-state index in [-0.39, 0.29) is 23.4 Å². The predicted octanol–water partition coefficient (Wildman–Crippen LogP) is 4.61. The van der Waals surface area contributed by atoms with E-state index < -0.39 is 15.9 Å². The van der Waals surface area contributed by atoms with Crippen molar-refractivity contribution in [1.82, 2.24) is 9.62 Å². The highest BCUT2D eigenvalue weighted by molar-refractivity contribution is 7.89. The minimum absolute atomic E-state index is 0.115. The molecule has 2 atom stereocenters. The summed E-state index contributed by atoms with van der Waals surface area (Å²) in [6.45, 7) is 4.58. The van der Waals surface area contributed by atoms with Crippen LogP contribution in [0.4, 0.5) is 0 Å².